The average molecular weight is 137 g/mol. The van der Waals surface area contributed by atoms with Crippen LogP contribution in [0.3, 0.4) is 0 Å². The van der Waals surface area contributed by atoms with Crippen molar-refractivity contribution in [2.24, 2.45) is 0 Å². The van der Waals surface area contributed by atoms with Crippen molar-refractivity contribution in [3.63, 3.8) is 0 Å². The fraction of sp³-hybridized carbons (Fsp3) is 0.125. The molecule has 0 amide bonds. The molecule has 0 heterocycles. The summed E-state index contributed by atoms with van der Waals surface area (Å²) in [5.41, 5.74) is 0.749. The summed E-state index contributed by atoms with van der Waals surface area (Å²) < 4.78 is 4.93. The highest BCUT2D eigenvalue weighted by Gasteiger charge is 1.91. The van der Waals surface area contributed by atoms with Crippen LogP contribution in [-0.4, -0.2) is 12.2 Å². The molecule has 1 radical (unpaired) electrons. The van der Waals surface area contributed by atoms with Crippen LogP contribution in [0.4, 0.5) is 0 Å². The van der Waals surface area contributed by atoms with E-state index in [0.717, 1.165) is 17.9 Å². The first kappa shape index (κ1) is 7.09. The van der Waals surface area contributed by atoms with Crippen molar-refractivity contribution < 1.29 is 9.84 Å². The highest BCUT2D eigenvalue weighted by Crippen LogP contribution is 2.12. The van der Waals surface area contributed by atoms with E-state index in [9.17, 15) is 0 Å². The zero-order valence-corrected chi connectivity index (χ0v) is 5.74. The van der Waals surface area contributed by atoms with Crippen LogP contribution in [-0.2, 0) is 0 Å². The molecule has 10 heavy (non-hydrogen) atoms. The van der Waals surface area contributed by atoms with Gasteiger partial charge in [0, 0.05) is 0 Å². The molecule has 2 heteroatoms. The Morgan fingerprint density at radius 2 is 2.30 bits per heavy atom. The van der Waals surface area contributed by atoms with Crippen molar-refractivity contribution in [3.05, 3.63) is 36.4 Å². The fourth-order valence-corrected chi connectivity index (χ4v) is 0.722. The Balaban J connectivity index is 2.87. The van der Waals surface area contributed by atoms with Gasteiger partial charge in [0.05, 0.1) is 7.11 Å². The van der Waals surface area contributed by atoms with Gasteiger partial charge in [0.25, 0.3) is 0 Å². The summed E-state index contributed by atoms with van der Waals surface area (Å²) in [6, 6.07) is 7.19. The van der Waals surface area contributed by atoms with Crippen molar-refractivity contribution in [3.8, 4) is 5.75 Å². The third-order valence-electron chi connectivity index (χ3n) is 1.24. The largest absolute Gasteiger partial charge is 0.497 e. The standard InChI is InChI=1S/C8H9O2/c1-10-8-4-2-3-7(5-8)6-9/h2-6,9H,1H3. The third-order valence-corrected chi connectivity index (χ3v) is 1.24. The lowest BCUT2D eigenvalue weighted by atomic mass is 10.2. The average Bonchev–Trinajstić information content (AvgIpc) is 2.05. The summed E-state index contributed by atoms with van der Waals surface area (Å²) >= 11 is 0. The molecule has 2 nitrogen and oxygen atoms in total. The van der Waals surface area contributed by atoms with Gasteiger partial charge in [-0.3, -0.25) is 0 Å². The lowest BCUT2D eigenvalue weighted by Gasteiger charge is -1.99. The van der Waals surface area contributed by atoms with E-state index in [4.69, 9.17) is 9.84 Å². The van der Waals surface area contributed by atoms with Crippen LogP contribution in [0.1, 0.15) is 5.56 Å². The van der Waals surface area contributed by atoms with Gasteiger partial charge in [0.1, 0.15) is 12.4 Å². The van der Waals surface area contributed by atoms with Gasteiger partial charge in [0.15, 0.2) is 0 Å². The Bertz CT molecular complexity index is 189. The van der Waals surface area contributed by atoms with Crippen LogP contribution in [0.2, 0.25) is 0 Å². The van der Waals surface area contributed by atoms with Gasteiger partial charge in [-0.15, -0.1) is 0 Å². The summed E-state index contributed by atoms with van der Waals surface area (Å²) in [6.07, 6.45) is 0. The van der Waals surface area contributed by atoms with E-state index < -0.39 is 0 Å². The van der Waals surface area contributed by atoms with E-state index >= 15 is 0 Å². The lowest BCUT2D eigenvalue weighted by molar-refractivity contribution is 0.404. The number of hydrogen-bond donors (Lipinski definition) is 1. The Labute approximate surface area is 60.1 Å². The van der Waals surface area contributed by atoms with Crippen LogP contribution in [0.15, 0.2) is 24.3 Å². The molecule has 1 N–H and O–H groups in total. The predicted molar refractivity (Wildman–Crippen MR) is 38.3 cm³/mol. The van der Waals surface area contributed by atoms with Crippen LogP contribution in [0.25, 0.3) is 0 Å². The molecular weight excluding hydrogens is 128 g/mol. The minimum absolute atomic E-state index is 0.749. The summed E-state index contributed by atoms with van der Waals surface area (Å²) in [4.78, 5) is 0. The maximum atomic E-state index is 8.58. The smallest absolute Gasteiger partial charge is 0.119 e. The van der Waals surface area contributed by atoms with Gasteiger partial charge in [-0.05, 0) is 17.7 Å². The molecular formula is C8H9O2. The molecule has 0 aliphatic carbocycles. The molecule has 1 aromatic carbocycles. The maximum Gasteiger partial charge on any atom is 0.119 e. The van der Waals surface area contributed by atoms with E-state index in [1.807, 2.05) is 12.1 Å². The number of rotatable bonds is 2. The van der Waals surface area contributed by atoms with E-state index in [1.54, 1.807) is 19.2 Å². The van der Waals surface area contributed by atoms with Gasteiger partial charge in [-0.1, -0.05) is 12.1 Å². The van der Waals surface area contributed by atoms with E-state index in [-0.39, 0.29) is 0 Å². The molecule has 0 unspecified atom stereocenters. The normalized spacial score (nSPS) is 9.40. The second-order valence-electron chi connectivity index (χ2n) is 1.91. The molecule has 53 valence electrons. The van der Waals surface area contributed by atoms with E-state index in [0.29, 0.717) is 0 Å². The molecule has 0 aliphatic heterocycles. The first-order valence-corrected chi connectivity index (χ1v) is 2.98. The summed E-state index contributed by atoms with van der Waals surface area (Å²) in [5.74, 6) is 0.753. The minimum Gasteiger partial charge on any atom is -0.497 e. The molecule has 0 bridgehead atoms. The third kappa shape index (κ3) is 1.48. The van der Waals surface area contributed by atoms with Crippen molar-refractivity contribution in [1.29, 1.82) is 0 Å². The van der Waals surface area contributed by atoms with Gasteiger partial charge < -0.3 is 9.84 Å². The highest BCUT2D eigenvalue weighted by molar-refractivity contribution is 5.30. The summed E-state index contributed by atoms with van der Waals surface area (Å²) in [5, 5.41) is 8.58. The quantitative estimate of drug-likeness (QED) is 0.670. The number of aliphatic hydroxyl groups excluding tert-OH is 1. The SMILES string of the molecule is COc1cccc([CH]O)c1. The second-order valence-corrected chi connectivity index (χ2v) is 1.91. The van der Waals surface area contributed by atoms with Gasteiger partial charge in [0.2, 0.25) is 0 Å². The van der Waals surface area contributed by atoms with Crippen LogP contribution in [0, 0.1) is 6.61 Å². The second kappa shape index (κ2) is 3.22. The predicted octanol–water partition coefficient (Wildman–Crippen LogP) is 1.58. The van der Waals surface area contributed by atoms with Crippen molar-refractivity contribution in [2.45, 2.75) is 0 Å². The lowest BCUT2D eigenvalue weighted by Crippen LogP contribution is -1.84. The molecule has 0 aliphatic rings. The van der Waals surface area contributed by atoms with Gasteiger partial charge in [-0.25, -0.2) is 0 Å². The molecule has 0 atom stereocenters. The topological polar surface area (TPSA) is 29.5 Å². The van der Waals surface area contributed by atoms with E-state index in [1.165, 1.54) is 0 Å². The Kier molecular flexibility index (Phi) is 2.29. The van der Waals surface area contributed by atoms with Crippen LogP contribution < -0.4 is 4.74 Å². The Morgan fingerprint density at radius 3 is 2.90 bits per heavy atom. The van der Waals surface area contributed by atoms with Gasteiger partial charge in [-0.2, -0.15) is 0 Å². The van der Waals surface area contributed by atoms with Crippen molar-refractivity contribution in [2.75, 3.05) is 7.11 Å². The number of hydrogen-bond acceptors (Lipinski definition) is 2. The van der Waals surface area contributed by atoms with E-state index in [2.05, 4.69) is 0 Å². The molecule has 0 aromatic heterocycles. The molecule has 0 saturated heterocycles. The number of methoxy groups -OCH3 is 1. The Morgan fingerprint density at radius 1 is 1.50 bits per heavy atom. The molecule has 1 rings (SSSR count). The van der Waals surface area contributed by atoms with Gasteiger partial charge >= 0.3 is 0 Å². The maximum absolute atomic E-state index is 8.58. The zero-order chi connectivity index (χ0) is 7.40. The van der Waals surface area contributed by atoms with Crippen LogP contribution >= 0.6 is 0 Å². The van der Waals surface area contributed by atoms with Crippen molar-refractivity contribution >= 4 is 0 Å². The monoisotopic (exact) mass is 137 g/mol. The first-order valence-electron chi connectivity index (χ1n) is 2.98. The van der Waals surface area contributed by atoms with Crippen molar-refractivity contribution in [1.82, 2.24) is 0 Å². The number of benzene rings is 1. The minimum atomic E-state index is 0.749. The molecule has 1 aromatic rings. The summed E-state index contributed by atoms with van der Waals surface area (Å²) in [7, 11) is 1.59. The Hall–Kier alpha value is -1.02. The number of ether oxygens (including phenoxy) is 1. The van der Waals surface area contributed by atoms with Crippen LogP contribution in [0.5, 0.6) is 5.75 Å². The zero-order valence-electron chi connectivity index (χ0n) is 5.74. The highest BCUT2D eigenvalue weighted by atomic mass is 16.5. The molecule has 0 saturated carbocycles. The first-order chi connectivity index (χ1) is 4.86. The molecule has 0 spiro atoms. The molecule has 0 fully saturated rings. The summed E-state index contributed by atoms with van der Waals surface area (Å²) in [6.45, 7) is 1.04. The number of aliphatic hydroxyl groups is 1. The fourth-order valence-electron chi connectivity index (χ4n) is 0.722.